The highest BCUT2D eigenvalue weighted by Crippen LogP contribution is 2.50. The van der Waals surface area contributed by atoms with Gasteiger partial charge in [0.25, 0.3) is 0 Å². The predicted octanol–water partition coefficient (Wildman–Crippen LogP) is 3.12. The molecule has 1 aliphatic carbocycles. The van der Waals surface area contributed by atoms with Crippen molar-refractivity contribution in [1.82, 2.24) is 0 Å². The van der Waals surface area contributed by atoms with Gasteiger partial charge in [0, 0.05) is 48.4 Å². The topological polar surface area (TPSA) is 195 Å². The Balaban J connectivity index is 1.24. The van der Waals surface area contributed by atoms with Crippen molar-refractivity contribution in [2.24, 2.45) is 10.9 Å². The summed E-state index contributed by atoms with van der Waals surface area (Å²) in [6.07, 6.45) is 4.22. The Bertz CT molecular complexity index is 1950. The van der Waals surface area contributed by atoms with Gasteiger partial charge in [-0.1, -0.05) is 31.4 Å². The van der Waals surface area contributed by atoms with E-state index in [1.807, 2.05) is 24.1 Å². The van der Waals surface area contributed by atoms with E-state index in [0.717, 1.165) is 43.4 Å². The molecule has 0 saturated heterocycles. The first kappa shape index (κ1) is 36.3. The summed E-state index contributed by atoms with van der Waals surface area (Å²) in [5.74, 6) is 1.11. The number of hydrogen-bond donors (Lipinski definition) is 6. The Morgan fingerprint density at radius 2 is 1.87 bits per heavy atom. The number of fused-ring (bicyclic) bond motifs is 3. The van der Waals surface area contributed by atoms with Crippen LogP contribution in [0.2, 0.25) is 0 Å². The molecule has 13 heteroatoms. The summed E-state index contributed by atoms with van der Waals surface area (Å²) < 4.78 is 13.4. The number of aliphatic imine (C=N–C) groups is 1. The van der Waals surface area contributed by atoms with E-state index in [-0.39, 0.29) is 29.9 Å². The third-order valence-electron chi connectivity index (χ3n) is 11.0. The normalized spacial score (nSPS) is 24.4. The van der Waals surface area contributed by atoms with Gasteiger partial charge < -0.3 is 44.7 Å². The van der Waals surface area contributed by atoms with Crippen LogP contribution in [0.5, 0.6) is 11.5 Å². The smallest absolute Gasteiger partial charge is 0.193 e. The first-order valence-corrected chi connectivity index (χ1v) is 17.8. The van der Waals surface area contributed by atoms with E-state index in [4.69, 9.17) is 18.9 Å². The zero-order valence-electron chi connectivity index (χ0n) is 29.3. The molecular weight excluding hydrogens is 672 g/mol. The highest BCUT2D eigenvalue weighted by molar-refractivity contribution is 6.12. The molecular formula is C39H46N2O11. The number of phenolic OH excluding ortho intramolecular Hbond substituents is 1. The molecule has 0 radical (unpaired) electrons. The van der Waals surface area contributed by atoms with Crippen LogP contribution in [0.3, 0.4) is 0 Å². The van der Waals surface area contributed by atoms with Crippen molar-refractivity contribution >= 4 is 22.4 Å². The number of phenols is 1. The fraction of sp³-hybridized carbons (Fsp3) is 0.487. The summed E-state index contributed by atoms with van der Waals surface area (Å²) in [5.41, 5.74) is 0.776. The van der Waals surface area contributed by atoms with Crippen molar-refractivity contribution < 1.29 is 49.6 Å². The summed E-state index contributed by atoms with van der Waals surface area (Å²) in [6, 6.07) is 9.15. The molecule has 1 aromatic heterocycles. The molecule has 52 heavy (non-hydrogen) atoms. The van der Waals surface area contributed by atoms with Gasteiger partial charge in [-0.15, -0.1) is 0 Å². The molecule has 0 amide bonds. The van der Waals surface area contributed by atoms with Crippen LogP contribution in [-0.2, 0) is 22.6 Å². The molecule has 278 valence electrons. The maximum atomic E-state index is 13.4. The highest BCUT2D eigenvalue weighted by Gasteiger charge is 2.51. The van der Waals surface area contributed by atoms with E-state index in [9.17, 15) is 35.4 Å². The lowest BCUT2D eigenvalue weighted by Crippen LogP contribution is -2.58. The average Bonchev–Trinajstić information content (AvgIpc) is 3.75. The number of aliphatic hydroxyl groups excluding tert-OH is 4. The largest absolute Gasteiger partial charge is 0.508 e. The fourth-order valence-corrected chi connectivity index (χ4v) is 8.00. The number of rotatable bonds is 12. The fourth-order valence-electron chi connectivity index (χ4n) is 8.00. The minimum absolute atomic E-state index is 0.00130. The van der Waals surface area contributed by atoms with E-state index in [2.05, 4.69) is 4.99 Å². The number of allylic oxidation sites excluding steroid dienone is 1. The first-order chi connectivity index (χ1) is 24.9. The third-order valence-corrected chi connectivity index (χ3v) is 11.0. The number of aromatic hydroxyl groups is 1. The number of ether oxygens (including phenoxy) is 1. The Hall–Kier alpha value is -4.08. The van der Waals surface area contributed by atoms with Crippen LogP contribution in [0, 0.1) is 12.8 Å². The van der Waals surface area contributed by atoms with Gasteiger partial charge >= 0.3 is 0 Å². The lowest BCUT2D eigenvalue weighted by atomic mass is 9.72. The summed E-state index contributed by atoms with van der Waals surface area (Å²) in [7, 11) is 0. The van der Waals surface area contributed by atoms with Crippen molar-refractivity contribution in [3.05, 3.63) is 87.6 Å². The molecule has 13 nitrogen and oxygen atoms in total. The lowest BCUT2D eigenvalue weighted by Gasteiger charge is -2.48. The lowest BCUT2D eigenvalue weighted by molar-refractivity contribution is -0.374. The van der Waals surface area contributed by atoms with Crippen LogP contribution in [-0.4, -0.2) is 91.7 Å². The summed E-state index contributed by atoms with van der Waals surface area (Å²) in [4.78, 5) is 31.9. The Morgan fingerprint density at radius 3 is 2.58 bits per heavy atom. The average molecular weight is 719 g/mol. The first-order valence-electron chi connectivity index (χ1n) is 17.8. The molecule has 0 spiro atoms. The minimum Gasteiger partial charge on any atom is -0.508 e. The second-order valence-electron chi connectivity index (χ2n) is 14.7. The minimum atomic E-state index is -2.21. The molecule has 6 unspecified atom stereocenters. The van der Waals surface area contributed by atoms with E-state index < -0.39 is 48.8 Å². The van der Waals surface area contributed by atoms with Gasteiger partial charge in [-0.05, 0) is 56.5 Å². The Kier molecular flexibility index (Phi) is 10.0. The SMILES string of the molecule is Cc1cc(=O)c2cc3c(c(N4C=C5C=CN=C5C4)c2o1)OC(C)(C1CCCCC1)C(OOCC(O)(Cc1ccc(O)cc1)C(O)C(O)C(O)CO)C3. The van der Waals surface area contributed by atoms with Gasteiger partial charge in [0.05, 0.1) is 24.2 Å². The molecule has 3 aromatic rings. The maximum absolute atomic E-state index is 13.4. The molecule has 6 atom stereocenters. The molecule has 2 aromatic carbocycles. The van der Waals surface area contributed by atoms with E-state index in [1.54, 1.807) is 31.3 Å². The molecule has 6 N–H and O–H groups in total. The number of hydrogen-bond acceptors (Lipinski definition) is 13. The number of benzene rings is 2. The van der Waals surface area contributed by atoms with Crippen LogP contribution < -0.4 is 15.1 Å². The van der Waals surface area contributed by atoms with Crippen molar-refractivity contribution in [1.29, 1.82) is 0 Å². The Labute approximate surface area is 300 Å². The predicted molar refractivity (Wildman–Crippen MR) is 191 cm³/mol. The quantitative estimate of drug-likeness (QED) is 0.119. The maximum Gasteiger partial charge on any atom is 0.193 e. The van der Waals surface area contributed by atoms with Crippen molar-refractivity contribution in [3.8, 4) is 11.5 Å². The van der Waals surface area contributed by atoms with Crippen LogP contribution in [0.4, 0.5) is 5.69 Å². The molecule has 1 saturated carbocycles. The van der Waals surface area contributed by atoms with Crippen LogP contribution in [0.25, 0.3) is 11.0 Å². The molecule has 4 heterocycles. The second kappa shape index (κ2) is 14.4. The van der Waals surface area contributed by atoms with Crippen molar-refractivity contribution in [3.63, 3.8) is 0 Å². The second-order valence-corrected chi connectivity index (χ2v) is 14.7. The Morgan fingerprint density at radius 1 is 1.12 bits per heavy atom. The van der Waals surface area contributed by atoms with Gasteiger partial charge in [-0.3, -0.25) is 9.79 Å². The summed E-state index contributed by atoms with van der Waals surface area (Å²) in [5, 5.41) is 63.3. The van der Waals surface area contributed by atoms with Crippen LogP contribution >= 0.6 is 0 Å². The number of anilines is 1. The molecule has 7 rings (SSSR count). The van der Waals surface area contributed by atoms with Gasteiger partial charge in [0.15, 0.2) is 16.8 Å². The highest BCUT2D eigenvalue weighted by atomic mass is 17.2. The number of aliphatic hydroxyl groups is 5. The number of nitrogens with zero attached hydrogens (tertiary/aromatic N) is 2. The van der Waals surface area contributed by atoms with Crippen LogP contribution in [0.1, 0.15) is 55.9 Å². The van der Waals surface area contributed by atoms with Gasteiger partial charge in [-0.25, -0.2) is 9.78 Å². The monoisotopic (exact) mass is 718 g/mol. The third kappa shape index (κ3) is 6.78. The van der Waals surface area contributed by atoms with Crippen LogP contribution in [0.15, 0.2) is 74.7 Å². The summed E-state index contributed by atoms with van der Waals surface area (Å²) in [6.45, 7) is 2.71. The van der Waals surface area contributed by atoms with Crippen molar-refractivity contribution in [2.45, 2.75) is 94.4 Å². The van der Waals surface area contributed by atoms with E-state index in [0.29, 0.717) is 45.8 Å². The zero-order valence-corrected chi connectivity index (χ0v) is 29.3. The molecule has 4 aliphatic rings. The summed E-state index contributed by atoms with van der Waals surface area (Å²) >= 11 is 0. The number of aryl methyl sites for hydroxylation is 1. The van der Waals surface area contributed by atoms with Gasteiger partial charge in [-0.2, -0.15) is 0 Å². The molecule has 3 aliphatic heterocycles. The van der Waals surface area contributed by atoms with Crippen molar-refractivity contribution in [2.75, 3.05) is 24.7 Å². The van der Waals surface area contributed by atoms with Gasteiger partial charge in [0.1, 0.15) is 59.4 Å². The zero-order chi connectivity index (χ0) is 36.8. The van der Waals surface area contributed by atoms with E-state index >= 15 is 0 Å². The standard InChI is InChI=1S/C39H46N2O11/c1-22-14-30(44)28-15-25-16-32(52-49-21-39(48,37(47)34(46)31(45)20-42)17-23-8-10-27(43)11-9-23)38(2,26-6-4-3-5-7-26)51-35(25)33(36(28)50-22)41-18-24-12-13-40-29(24)19-41/h8-15,18,26,31-32,34,37,42-43,45-48H,3-7,16-17,19-21H2,1-2H3. The van der Waals surface area contributed by atoms with Gasteiger partial charge in [0.2, 0.25) is 0 Å². The molecule has 1 fully saturated rings. The molecule has 0 bridgehead atoms. The van der Waals surface area contributed by atoms with E-state index in [1.165, 1.54) is 18.2 Å².